The number of benzene rings is 3. The van der Waals surface area contributed by atoms with Gasteiger partial charge in [-0.3, -0.25) is 0 Å². The quantitative estimate of drug-likeness (QED) is 0.478. The van der Waals surface area contributed by atoms with Gasteiger partial charge in [-0.1, -0.05) is 48.2 Å². The summed E-state index contributed by atoms with van der Waals surface area (Å²) in [5.74, 6) is 6.65. The summed E-state index contributed by atoms with van der Waals surface area (Å²) in [6.45, 7) is 3.56. The molecule has 0 amide bonds. The van der Waals surface area contributed by atoms with Gasteiger partial charge in [-0.05, 0) is 42.6 Å². The van der Waals surface area contributed by atoms with Crippen molar-refractivity contribution in [3.63, 3.8) is 0 Å². The Bertz CT molecular complexity index is 994. The van der Waals surface area contributed by atoms with Crippen LogP contribution in [0.1, 0.15) is 12.5 Å². The fraction of sp³-hybridized carbons (Fsp3) is 0.208. The van der Waals surface area contributed by atoms with Crippen molar-refractivity contribution < 1.29 is 14.3 Å². The van der Waals surface area contributed by atoms with Gasteiger partial charge in [0.05, 0.1) is 13.7 Å². The van der Waals surface area contributed by atoms with E-state index in [2.05, 4.69) is 70.9 Å². The van der Waals surface area contributed by atoms with E-state index >= 15 is 0 Å². The van der Waals surface area contributed by atoms with E-state index in [0.717, 1.165) is 12.1 Å². The average Bonchev–Trinajstić information content (AvgIpc) is 2.75. The number of nitrogens with zero attached hydrogens (tertiary/aromatic N) is 1. The van der Waals surface area contributed by atoms with E-state index in [1.54, 1.807) is 12.1 Å². The molecule has 0 fully saturated rings. The molecule has 0 atom stereocenters. The number of fused-ring (bicyclic) bond motifs is 1. The lowest BCUT2D eigenvalue weighted by molar-refractivity contribution is -0.142. The van der Waals surface area contributed by atoms with Gasteiger partial charge in [0.15, 0.2) is 6.61 Å². The third kappa shape index (κ3) is 4.83. The van der Waals surface area contributed by atoms with Crippen LogP contribution >= 0.6 is 0 Å². The Morgan fingerprint density at radius 1 is 1.00 bits per heavy atom. The van der Waals surface area contributed by atoms with Gasteiger partial charge in [0, 0.05) is 23.2 Å². The lowest BCUT2D eigenvalue weighted by Gasteiger charge is -2.22. The number of methoxy groups -OCH3 is 1. The van der Waals surface area contributed by atoms with Crippen molar-refractivity contribution in [3.05, 3.63) is 72.3 Å². The second kappa shape index (κ2) is 9.48. The lowest BCUT2D eigenvalue weighted by atomic mass is 10.1. The fourth-order valence-electron chi connectivity index (χ4n) is 2.92. The standard InChI is InChI=1S/C24H23NO3/c1-3-25(23-12-6-10-20-9-4-5-11-22(20)23)17-7-8-19-13-15-21(16-14-19)28-18-24(26)27-2/h4-6,9-16H,3,17-18H2,1-2H3. The van der Waals surface area contributed by atoms with Gasteiger partial charge in [0.1, 0.15) is 5.75 Å². The van der Waals surface area contributed by atoms with Crippen molar-refractivity contribution in [2.24, 2.45) is 0 Å². The Kier molecular flexibility index (Phi) is 6.54. The first-order chi connectivity index (χ1) is 13.7. The van der Waals surface area contributed by atoms with E-state index in [9.17, 15) is 4.79 Å². The monoisotopic (exact) mass is 373 g/mol. The van der Waals surface area contributed by atoms with Crippen molar-refractivity contribution in [1.29, 1.82) is 0 Å². The largest absolute Gasteiger partial charge is 0.482 e. The molecule has 3 rings (SSSR count). The first-order valence-corrected chi connectivity index (χ1v) is 9.22. The lowest BCUT2D eigenvalue weighted by Crippen LogP contribution is -2.23. The molecule has 0 saturated heterocycles. The van der Waals surface area contributed by atoms with Crippen molar-refractivity contribution in [1.82, 2.24) is 0 Å². The number of carbonyl (C=O) groups excluding carboxylic acids is 1. The van der Waals surface area contributed by atoms with Gasteiger partial charge in [-0.15, -0.1) is 0 Å². The summed E-state index contributed by atoms with van der Waals surface area (Å²) in [7, 11) is 1.34. The molecule has 0 heterocycles. The minimum absolute atomic E-state index is 0.0992. The summed E-state index contributed by atoms with van der Waals surface area (Å²) in [5.41, 5.74) is 2.10. The first-order valence-electron chi connectivity index (χ1n) is 9.22. The van der Waals surface area contributed by atoms with E-state index < -0.39 is 5.97 Å². The molecule has 0 radical (unpaired) electrons. The third-order valence-electron chi connectivity index (χ3n) is 4.43. The molecule has 0 bridgehead atoms. The molecule has 3 aromatic rings. The highest BCUT2D eigenvalue weighted by Gasteiger charge is 2.06. The topological polar surface area (TPSA) is 38.8 Å². The highest BCUT2D eigenvalue weighted by molar-refractivity contribution is 5.94. The normalized spacial score (nSPS) is 10.1. The minimum atomic E-state index is -0.406. The van der Waals surface area contributed by atoms with Gasteiger partial charge in [0.25, 0.3) is 0 Å². The van der Waals surface area contributed by atoms with Crippen LogP contribution in [-0.2, 0) is 9.53 Å². The zero-order valence-electron chi connectivity index (χ0n) is 16.1. The van der Waals surface area contributed by atoms with Crippen molar-refractivity contribution in [3.8, 4) is 17.6 Å². The Morgan fingerprint density at radius 2 is 1.75 bits per heavy atom. The van der Waals surface area contributed by atoms with Crippen LogP contribution < -0.4 is 9.64 Å². The summed E-state index contributed by atoms with van der Waals surface area (Å²) < 4.78 is 9.90. The minimum Gasteiger partial charge on any atom is -0.482 e. The van der Waals surface area contributed by atoms with Crippen LogP contribution in [0.5, 0.6) is 5.75 Å². The fourth-order valence-corrected chi connectivity index (χ4v) is 2.92. The predicted molar refractivity (Wildman–Crippen MR) is 113 cm³/mol. The van der Waals surface area contributed by atoms with E-state index in [-0.39, 0.29) is 6.61 Å². The second-order valence-corrected chi connectivity index (χ2v) is 6.20. The summed E-state index contributed by atoms with van der Waals surface area (Å²) in [4.78, 5) is 13.4. The smallest absolute Gasteiger partial charge is 0.343 e. The van der Waals surface area contributed by atoms with Crippen molar-refractivity contribution >= 4 is 22.4 Å². The molecule has 0 unspecified atom stereocenters. The van der Waals surface area contributed by atoms with Crippen LogP contribution in [0, 0.1) is 11.8 Å². The molecular weight excluding hydrogens is 350 g/mol. The van der Waals surface area contributed by atoms with Crippen molar-refractivity contribution in [2.75, 3.05) is 31.7 Å². The van der Waals surface area contributed by atoms with E-state index in [1.165, 1.54) is 23.6 Å². The molecule has 0 aromatic heterocycles. The molecule has 0 spiro atoms. The zero-order valence-corrected chi connectivity index (χ0v) is 16.1. The Hall–Kier alpha value is -3.45. The molecule has 28 heavy (non-hydrogen) atoms. The number of hydrogen-bond acceptors (Lipinski definition) is 4. The molecule has 0 aliphatic rings. The van der Waals surface area contributed by atoms with Gasteiger partial charge in [-0.25, -0.2) is 4.79 Å². The molecule has 4 heteroatoms. The zero-order chi connectivity index (χ0) is 19.8. The van der Waals surface area contributed by atoms with Crippen LogP contribution in [0.25, 0.3) is 10.8 Å². The molecule has 0 aliphatic heterocycles. The van der Waals surface area contributed by atoms with Gasteiger partial charge in [-0.2, -0.15) is 0 Å². The first kappa shape index (κ1) is 19.3. The van der Waals surface area contributed by atoms with Gasteiger partial charge >= 0.3 is 5.97 Å². The molecule has 142 valence electrons. The molecule has 0 N–H and O–H groups in total. The SMILES string of the molecule is CCN(CC#Cc1ccc(OCC(=O)OC)cc1)c1cccc2ccccc12. The number of esters is 1. The molecule has 0 saturated carbocycles. The number of ether oxygens (including phenoxy) is 2. The van der Waals surface area contributed by atoms with Crippen LogP contribution in [0.3, 0.4) is 0 Å². The highest BCUT2D eigenvalue weighted by atomic mass is 16.6. The number of anilines is 1. The Labute approximate surface area is 165 Å². The number of hydrogen-bond donors (Lipinski definition) is 0. The molecule has 3 aromatic carbocycles. The maximum Gasteiger partial charge on any atom is 0.343 e. The summed E-state index contributed by atoms with van der Waals surface area (Å²) in [6, 6.07) is 22.1. The van der Waals surface area contributed by atoms with E-state index in [0.29, 0.717) is 12.3 Å². The number of carbonyl (C=O) groups is 1. The van der Waals surface area contributed by atoms with Crippen LogP contribution in [0.4, 0.5) is 5.69 Å². The molecule has 4 nitrogen and oxygen atoms in total. The van der Waals surface area contributed by atoms with Crippen molar-refractivity contribution in [2.45, 2.75) is 6.92 Å². The molecular formula is C24H23NO3. The predicted octanol–water partition coefficient (Wildman–Crippen LogP) is 4.27. The third-order valence-corrected chi connectivity index (χ3v) is 4.43. The molecule has 0 aliphatic carbocycles. The Morgan fingerprint density at radius 3 is 2.50 bits per heavy atom. The van der Waals surface area contributed by atoms with Gasteiger partial charge in [0.2, 0.25) is 0 Å². The average molecular weight is 373 g/mol. The highest BCUT2D eigenvalue weighted by Crippen LogP contribution is 2.26. The summed E-state index contributed by atoms with van der Waals surface area (Å²) >= 11 is 0. The van der Waals surface area contributed by atoms with Crippen LogP contribution in [0.2, 0.25) is 0 Å². The van der Waals surface area contributed by atoms with E-state index in [1.807, 2.05) is 12.1 Å². The maximum absolute atomic E-state index is 11.1. The van der Waals surface area contributed by atoms with Crippen LogP contribution in [0.15, 0.2) is 66.7 Å². The maximum atomic E-state index is 11.1. The summed E-state index contributed by atoms with van der Waals surface area (Å²) in [5, 5.41) is 2.47. The second-order valence-electron chi connectivity index (χ2n) is 6.20. The summed E-state index contributed by atoms with van der Waals surface area (Å²) in [6.07, 6.45) is 0. The van der Waals surface area contributed by atoms with Gasteiger partial charge < -0.3 is 14.4 Å². The number of rotatable bonds is 6. The van der Waals surface area contributed by atoms with Crippen LogP contribution in [-0.4, -0.2) is 32.8 Å². The Balaban J connectivity index is 1.67. The van der Waals surface area contributed by atoms with E-state index in [4.69, 9.17) is 4.74 Å².